The Hall–Kier alpha value is -0.610. The van der Waals surface area contributed by atoms with Gasteiger partial charge >= 0.3 is 0 Å². The zero-order valence-corrected chi connectivity index (χ0v) is 9.38. The summed E-state index contributed by atoms with van der Waals surface area (Å²) in [5, 5.41) is 2.73. The van der Waals surface area contributed by atoms with Gasteiger partial charge in [0, 0.05) is 19.8 Å². The van der Waals surface area contributed by atoms with Crippen molar-refractivity contribution in [3.8, 4) is 0 Å². The summed E-state index contributed by atoms with van der Waals surface area (Å²) in [4.78, 5) is 11.0. The Morgan fingerprint density at radius 2 is 2.07 bits per heavy atom. The van der Waals surface area contributed by atoms with Crippen molar-refractivity contribution in [3.05, 3.63) is 0 Å². The van der Waals surface area contributed by atoms with Gasteiger partial charge < -0.3 is 15.8 Å². The molecule has 0 aromatic rings. The van der Waals surface area contributed by atoms with Gasteiger partial charge in [-0.1, -0.05) is 13.8 Å². The summed E-state index contributed by atoms with van der Waals surface area (Å²) in [5.41, 5.74) is 5.37. The van der Waals surface area contributed by atoms with E-state index in [4.69, 9.17) is 10.5 Å². The highest BCUT2D eigenvalue weighted by atomic mass is 16.5. The topological polar surface area (TPSA) is 64.3 Å². The molecule has 1 atom stereocenters. The van der Waals surface area contributed by atoms with Crippen molar-refractivity contribution in [2.45, 2.75) is 33.2 Å². The summed E-state index contributed by atoms with van der Waals surface area (Å²) >= 11 is 0. The molecule has 1 amide bonds. The summed E-state index contributed by atoms with van der Waals surface area (Å²) in [6.07, 6.45) is 0.838. The van der Waals surface area contributed by atoms with E-state index in [9.17, 15) is 4.79 Å². The molecule has 0 heterocycles. The molecule has 0 spiro atoms. The minimum absolute atomic E-state index is 0.103. The van der Waals surface area contributed by atoms with E-state index >= 15 is 0 Å². The fourth-order valence-corrected chi connectivity index (χ4v) is 0.866. The molecule has 0 saturated carbocycles. The molecule has 0 rings (SSSR count). The highest BCUT2D eigenvalue weighted by Gasteiger charge is 2.04. The van der Waals surface area contributed by atoms with Crippen LogP contribution in [0.25, 0.3) is 0 Å². The molecule has 0 saturated heterocycles. The molecule has 1 unspecified atom stereocenters. The third-order valence-corrected chi connectivity index (χ3v) is 1.63. The van der Waals surface area contributed by atoms with Crippen LogP contribution in [0.3, 0.4) is 0 Å². The van der Waals surface area contributed by atoms with Gasteiger partial charge in [-0.3, -0.25) is 4.79 Å². The summed E-state index contributed by atoms with van der Waals surface area (Å²) in [6.45, 7) is 8.00. The first kappa shape index (κ1) is 13.4. The molecular formula is C10H22N2O2. The van der Waals surface area contributed by atoms with Crippen molar-refractivity contribution in [3.63, 3.8) is 0 Å². The van der Waals surface area contributed by atoms with E-state index in [-0.39, 0.29) is 5.91 Å². The number of carbonyl (C=O) groups excluding carboxylic acids is 1. The molecule has 14 heavy (non-hydrogen) atoms. The van der Waals surface area contributed by atoms with E-state index in [1.54, 1.807) is 6.92 Å². The number of carbonyl (C=O) groups is 1. The van der Waals surface area contributed by atoms with E-state index in [0.29, 0.717) is 19.1 Å². The minimum atomic E-state index is -0.424. The van der Waals surface area contributed by atoms with Crippen molar-refractivity contribution < 1.29 is 9.53 Å². The Kier molecular flexibility index (Phi) is 7.42. The van der Waals surface area contributed by atoms with Gasteiger partial charge in [-0.05, 0) is 19.3 Å². The van der Waals surface area contributed by atoms with Crippen molar-refractivity contribution >= 4 is 5.91 Å². The van der Waals surface area contributed by atoms with Crippen LogP contribution in [0.5, 0.6) is 0 Å². The quantitative estimate of drug-likeness (QED) is 0.591. The lowest BCUT2D eigenvalue weighted by molar-refractivity contribution is -0.122. The van der Waals surface area contributed by atoms with Gasteiger partial charge in [0.25, 0.3) is 0 Å². The van der Waals surface area contributed by atoms with Crippen LogP contribution in [0.4, 0.5) is 0 Å². The number of nitrogens with one attached hydrogen (secondary N) is 1. The van der Waals surface area contributed by atoms with Crippen molar-refractivity contribution in [1.29, 1.82) is 0 Å². The highest BCUT2D eigenvalue weighted by Crippen LogP contribution is 1.92. The van der Waals surface area contributed by atoms with Gasteiger partial charge in [-0.25, -0.2) is 0 Å². The normalized spacial score (nSPS) is 12.9. The molecule has 0 aliphatic carbocycles. The first-order valence-electron chi connectivity index (χ1n) is 5.15. The second-order valence-electron chi connectivity index (χ2n) is 3.90. The van der Waals surface area contributed by atoms with Gasteiger partial charge in [0.05, 0.1) is 6.04 Å². The maximum Gasteiger partial charge on any atom is 0.236 e. The van der Waals surface area contributed by atoms with Gasteiger partial charge in [0.1, 0.15) is 0 Å². The van der Waals surface area contributed by atoms with E-state index in [1.165, 1.54) is 0 Å². The van der Waals surface area contributed by atoms with Gasteiger partial charge in [0.2, 0.25) is 5.91 Å². The molecule has 4 nitrogen and oxygen atoms in total. The summed E-state index contributed by atoms with van der Waals surface area (Å²) < 4.78 is 5.35. The number of rotatable bonds is 7. The average Bonchev–Trinajstić information content (AvgIpc) is 2.09. The fraction of sp³-hybridized carbons (Fsp3) is 0.900. The fourth-order valence-electron chi connectivity index (χ4n) is 0.866. The number of hydrogen-bond acceptors (Lipinski definition) is 3. The molecule has 0 aromatic carbocycles. The van der Waals surface area contributed by atoms with Gasteiger partial charge in [0.15, 0.2) is 0 Å². The van der Waals surface area contributed by atoms with Crippen LogP contribution < -0.4 is 11.1 Å². The minimum Gasteiger partial charge on any atom is -0.381 e. The van der Waals surface area contributed by atoms with Crippen LogP contribution in [0.2, 0.25) is 0 Å². The van der Waals surface area contributed by atoms with Crippen molar-refractivity contribution in [2.75, 3.05) is 19.8 Å². The lowest BCUT2D eigenvalue weighted by Crippen LogP contribution is -2.38. The zero-order chi connectivity index (χ0) is 11.0. The Balaban J connectivity index is 3.18. The lowest BCUT2D eigenvalue weighted by atomic mass is 10.2. The van der Waals surface area contributed by atoms with Crippen molar-refractivity contribution in [1.82, 2.24) is 5.32 Å². The van der Waals surface area contributed by atoms with Crippen LogP contribution in [0, 0.1) is 5.92 Å². The molecule has 0 bridgehead atoms. The van der Waals surface area contributed by atoms with E-state index in [2.05, 4.69) is 19.2 Å². The molecule has 0 aliphatic rings. The summed E-state index contributed by atoms with van der Waals surface area (Å²) in [6, 6.07) is -0.424. The predicted octanol–water partition coefficient (Wildman–Crippen LogP) is 0.513. The maximum atomic E-state index is 11.0. The second kappa shape index (κ2) is 7.76. The maximum absolute atomic E-state index is 11.0. The molecule has 0 radical (unpaired) electrons. The SMILES string of the molecule is CC(C)COCCCNC(=O)C(C)N. The largest absolute Gasteiger partial charge is 0.381 e. The number of ether oxygens (including phenoxy) is 1. The molecule has 3 N–H and O–H groups in total. The van der Waals surface area contributed by atoms with Crippen LogP contribution in [-0.4, -0.2) is 31.7 Å². The smallest absolute Gasteiger partial charge is 0.236 e. The highest BCUT2D eigenvalue weighted by molar-refractivity contribution is 5.80. The standard InChI is InChI=1S/C10H22N2O2/c1-8(2)7-14-6-4-5-12-10(13)9(3)11/h8-9H,4-7,11H2,1-3H3,(H,12,13). The van der Waals surface area contributed by atoms with Crippen molar-refractivity contribution in [2.24, 2.45) is 11.7 Å². The first-order chi connectivity index (χ1) is 6.54. The van der Waals surface area contributed by atoms with Gasteiger partial charge in [-0.2, -0.15) is 0 Å². The molecule has 0 aliphatic heterocycles. The lowest BCUT2D eigenvalue weighted by Gasteiger charge is -2.08. The van der Waals surface area contributed by atoms with Crippen LogP contribution in [-0.2, 0) is 9.53 Å². The van der Waals surface area contributed by atoms with Gasteiger partial charge in [-0.15, -0.1) is 0 Å². The Morgan fingerprint density at radius 3 is 2.57 bits per heavy atom. The monoisotopic (exact) mass is 202 g/mol. The Labute approximate surface area is 86.2 Å². The third-order valence-electron chi connectivity index (χ3n) is 1.63. The van der Waals surface area contributed by atoms with Crippen LogP contribution >= 0.6 is 0 Å². The molecule has 4 heteroatoms. The van der Waals surface area contributed by atoms with E-state index in [1.807, 2.05) is 0 Å². The molecule has 84 valence electrons. The molecule has 0 fully saturated rings. The second-order valence-corrected chi connectivity index (χ2v) is 3.90. The van der Waals surface area contributed by atoms with Crippen LogP contribution in [0.1, 0.15) is 27.2 Å². The summed E-state index contributed by atoms with van der Waals surface area (Å²) in [7, 11) is 0. The van der Waals surface area contributed by atoms with E-state index < -0.39 is 6.04 Å². The zero-order valence-electron chi connectivity index (χ0n) is 9.38. The average molecular weight is 202 g/mol. The molecule has 0 aromatic heterocycles. The Morgan fingerprint density at radius 1 is 1.43 bits per heavy atom. The summed E-state index contributed by atoms with van der Waals surface area (Å²) in [5.74, 6) is 0.461. The van der Waals surface area contributed by atoms with E-state index in [0.717, 1.165) is 13.0 Å². The number of nitrogens with two attached hydrogens (primary N) is 1. The Bertz CT molecular complexity index is 158. The van der Waals surface area contributed by atoms with Crippen LogP contribution in [0.15, 0.2) is 0 Å². The predicted molar refractivity (Wildman–Crippen MR) is 56.9 cm³/mol. The first-order valence-corrected chi connectivity index (χ1v) is 5.15. The molecular weight excluding hydrogens is 180 g/mol. The number of amides is 1. The number of hydrogen-bond donors (Lipinski definition) is 2. The third kappa shape index (κ3) is 8.01.